The van der Waals surface area contributed by atoms with E-state index >= 15 is 0 Å². The summed E-state index contributed by atoms with van der Waals surface area (Å²) in [6.07, 6.45) is 3.94. The quantitative estimate of drug-likeness (QED) is 0.757. The van der Waals surface area contributed by atoms with Crippen LogP contribution >= 0.6 is 11.6 Å². The van der Waals surface area contributed by atoms with Crippen molar-refractivity contribution in [3.8, 4) is 0 Å². The third-order valence-electron chi connectivity index (χ3n) is 5.70. The summed E-state index contributed by atoms with van der Waals surface area (Å²) in [6, 6.07) is 7.66. The first-order valence-electron chi connectivity index (χ1n) is 10.3. The van der Waals surface area contributed by atoms with Crippen molar-refractivity contribution >= 4 is 23.4 Å². The van der Waals surface area contributed by atoms with Crippen molar-refractivity contribution in [2.45, 2.75) is 44.7 Å². The number of hydrogen-bond donors (Lipinski definition) is 2. The molecule has 28 heavy (non-hydrogen) atoms. The number of piperazine rings is 1. The van der Waals surface area contributed by atoms with Gasteiger partial charge in [0.1, 0.15) is 0 Å². The molecule has 7 heteroatoms. The summed E-state index contributed by atoms with van der Waals surface area (Å²) >= 11 is 6.12. The molecule has 154 valence electrons. The maximum absolute atomic E-state index is 13.2. The monoisotopic (exact) mass is 406 g/mol. The molecule has 0 bridgehead atoms. The molecule has 2 fully saturated rings. The molecule has 3 rings (SSSR count). The number of nitrogens with two attached hydrogens (primary N) is 1. The zero-order valence-electron chi connectivity index (χ0n) is 16.4. The Balaban J connectivity index is 1.66. The highest BCUT2D eigenvalue weighted by molar-refractivity contribution is 6.30. The zero-order valence-corrected chi connectivity index (χ0v) is 17.2. The summed E-state index contributed by atoms with van der Waals surface area (Å²) in [5.74, 6) is 0.186. The second-order valence-electron chi connectivity index (χ2n) is 7.89. The first-order valence-corrected chi connectivity index (χ1v) is 10.7. The highest BCUT2D eigenvalue weighted by atomic mass is 35.5. The van der Waals surface area contributed by atoms with E-state index in [0.717, 1.165) is 57.4 Å². The number of rotatable bonds is 6. The van der Waals surface area contributed by atoms with Gasteiger partial charge in [0, 0.05) is 62.7 Å². The Morgan fingerprint density at radius 2 is 2.04 bits per heavy atom. The number of amides is 2. The Morgan fingerprint density at radius 1 is 1.25 bits per heavy atom. The van der Waals surface area contributed by atoms with Crippen LogP contribution in [0.15, 0.2) is 24.3 Å². The minimum atomic E-state index is -0.0442. The van der Waals surface area contributed by atoms with E-state index in [-0.39, 0.29) is 23.8 Å². The molecule has 0 spiro atoms. The van der Waals surface area contributed by atoms with Gasteiger partial charge in [-0.1, -0.05) is 30.2 Å². The predicted molar refractivity (Wildman–Crippen MR) is 111 cm³/mol. The minimum absolute atomic E-state index is 0.0442. The number of carbonyl (C=O) groups is 2. The van der Waals surface area contributed by atoms with Crippen molar-refractivity contribution in [3.05, 3.63) is 34.9 Å². The Bertz CT molecular complexity index is 678. The molecule has 0 unspecified atom stereocenters. The van der Waals surface area contributed by atoms with Crippen LogP contribution in [0.3, 0.4) is 0 Å². The fourth-order valence-electron chi connectivity index (χ4n) is 4.14. The van der Waals surface area contributed by atoms with Gasteiger partial charge in [-0.05, 0) is 37.0 Å². The van der Waals surface area contributed by atoms with Crippen molar-refractivity contribution in [2.24, 2.45) is 11.7 Å². The Kier molecular flexibility index (Phi) is 7.71. The Hall–Kier alpha value is -1.63. The van der Waals surface area contributed by atoms with Crippen LogP contribution in [-0.2, 0) is 16.1 Å². The van der Waals surface area contributed by atoms with Crippen molar-refractivity contribution < 1.29 is 9.59 Å². The normalized spacial score (nSPS) is 22.7. The van der Waals surface area contributed by atoms with Gasteiger partial charge in [0.2, 0.25) is 11.8 Å². The molecule has 1 aromatic carbocycles. The summed E-state index contributed by atoms with van der Waals surface area (Å²) in [7, 11) is 0. The van der Waals surface area contributed by atoms with Crippen LogP contribution in [0.1, 0.15) is 37.7 Å². The number of halogens is 1. The van der Waals surface area contributed by atoms with E-state index < -0.39 is 0 Å². The van der Waals surface area contributed by atoms with E-state index in [4.69, 9.17) is 17.3 Å². The fraction of sp³-hybridized carbons (Fsp3) is 0.619. The first-order chi connectivity index (χ1) is 13.5. The lowest BCUT2D eigenvalue weighted by Gasteiger charge is -2.32. The van der Waals surface area contributed by atoms with Gasteiger partial charge in [0.25, 0.3) is 0 Å². The second-order valence-corrected chi connectivity index (χ2v) is 8.33. The van der Waals surface area contributed by atoms with Crippen molar-refractivity contribution in [1.82, 2.24) is 15.1 Å². The number of carbonyl (C=O) groups excluding carboxylic acids is 2. The van der Waals surface area contributed by atoms with Gasteiger partial charge in [-0.2, -0.15) is 0 Å². The zero-order chi connectivity index (χ0) is 19.9. The summed E-state index contributed by atoms with van der Waals surface area (Å²) in [5.41, 5.74) is 7.08. The van der Waals surface area contributed by atoms with E-state index in [2.05, 4.69) is 5.32 Å². The van der Waals surface area contributed by atoms with Gasteiger partial charge in [0.05, 0.1) is 0 Å². The van der Waals surface area contributed by atoms with Gasteiger partial charge in [-0.15, -0.1) is 0 Å². The van der Waals surface area contributed by atoms with Crippen molar-refractivity contribution in [1.29, 1.82) is 0 Å². The highest BCUT2D eigenvalue weighted by Gasteiger charge is 2.29. The molecular weight excluding hydrogens is 376 g/mol. The Morgan fingerprint density at radius 3 is 2.75 bits per heavy atom. The second kappa shape index (κ2) is 10.2. The van der Waals surface area contributed by atoms with E-state index in [9.17, 15) is 9.59 Å². The van der Waals surface area contributed by atoms with Crippen LogP contribution in [0.25, 0.3) is 0 Å². The number of nitrogens with one attached hydrogen (secondary N) is 1. The van der Waals surface area contributed by atoms with Crippen LogP contribution in [0.5, 0.6) is 0 Å². The molecule has 1 aromatic rings. The van der Waals surface area contributed by atoms with E-state index in [1.54, 1.807) is 0 Å². The summed E-state index contributed by atoms with van der Waals surface area (Å²) in [4.78, 5) is 29.5. The van der Waals surface area contributed by atoms with Gasteiger partial charge in [-0.3, -0.25) is 9.59 Å². The molecule has 2 aliphatic rings. The molecule has 1 saturated heterocycles. The van der Waals surface area contributed by atoms with Crippen LogP contribution in [0, 0.1) is 5.92 Å². The average Bonchev–Trinajstić information content (AvgIpc) is 2.71. The predicted octanol–water partition coefficient (Wildman–Crippen LogP) is 2.01. The van der Waals surface area contributed by atoms with Crippen molar-refractivity contribution in [3.63, 3.8) is 0 Å². The van der Waals surface area contributed by atoms with E-state index in [1.165, 1.54) is 0 Å². The van der Waals surface area contributed by atoms with Gasteiger partial charge >= 0.3 is 0 Å². The molecule has 1 aliphatic heterocycles. The Labute approximate surface area is 172 Å². The lowest BCUT2D eigenvalue weighted by atomic mass is 9.85. The molecule has 0 aromatic heterocycles. The smallest absolute Gasteiger partial charge is 0.226 e. The third kappa shape index (κ3) is 5.93. The summed E-state index contributed by atoms with van der Waals surface area (Å²) in [6.45, 7) is 4.03. The topological polar surface area (TPSA) is 78.7 Å². The van der Waals surface area contributed by atoms with Crippen LogP contribution in [0.2, 0.25) is 5.02 Å². The lowest BCUT2D eigenvalue weighted by molar-refractivity contribution is -0.139. The maximum atomic E-state index is 13.2. The summed E-state index contributed by atoms with van der Waals surface area (Å²) in [5, 5.41) is 3.91. The molecule has 2 amide bonds. The molecular formula is C21H31ClN4O2. The largest absolute Gasteiger partial charge is 0.340 e. The molecule has 3 N–H and O–H groups in total. The molecule has 0 radical (unpaired) electrons. The van der Waals surface area contributed by atoms with E-state index in [0.29, 0.717) is 24.5 Å². The number of benzene rings is 1. The standard InChI is InChI=1S/C21H31ClN4O2/c22-18-5-1-3-16(13-18)15-26(21(28)17-4-2-6-19(23)14-17)10-7-20(27)25-11-8-24-9-12-25/h1,3,5,13,17,19,24H,2,4,6-12,14-15,23H2/t17-,19-/m1/s1. The maximum Gasteiger partial charge on any atom is 0.226 e. The molecule has 6 nitrogen and oxygen atoms in total. The highest BCUT2D eigenvalue weighted by Crippen LogP contribution is 2.26. The van der Waals surface area contributed by atoms with Crippen molar-refractivity contribution in [2.75, 3.05) is 32.7 Å². The number of nitrogens with zero attached hydrogens (tertiary/aromatic N) is 2. The number of hydrogen-bond acceptors (Lipinski definition) is 4. The molecule has 2 atom stereocenters. The van der Waals surface area contributed by atoms with Gasteiger partial charge in [-0.25, -0.2) is 0 Å². The molecule has 1 heterocycles. The van der Waals surface area contributed by atoms with Gasteiger partial charge in [0.15, 0.2) is 0 Å². The fourth-order valence-corrected chi connectivity index (χ4v) is 4.35. The summed E-state index contributed by atoms with van der Waals surface area (Å²) < 4.78 is 0. The SMILES string of the molecule is N[C@@H]1CCC[C@@H](C(=O)N(CCC(=O)N2CCNCC2)Cc2cccc(Cl)c2)C1. The van der Waals surface area contributed by atoms with Crippen LogP contribution in [0.4, 0.5) is 0 Å². The lowest BCUT2D eigenvalue weighted by Crippen LogP contribution is -2.47. The molecule has 1 saturated carbocycles. The third-order valence-corrected chi connectivity index (χ3v) is 5.94. The van der Waals surface area contributed by atoms with E-state index in [1.807, 2.05) is 34.1 Å². The average molecular weight is 407 g/mol. The van der Waals surface area contributed by atoms with Crippen LogP contribution in [-0.4, -0.2) is 60.4 Å². The molecule has 1 aliphatic carbocycles. The first kappa shape index (κ1) is 21.1. The minimum Gasteiger partial charge on any atom is -0.340 e. The van der Waals surface area contributed by atoms with Gasteiger partial charge < -0.3 is 20.9 Å². The van der Waals surface area contributed by atoms with Crippen LogP contribution < -0.4 is 11.1 Å².